The second-order valence-corrected chi connectivity index (χ2v) is 26.8. The van der Waals surface area contributed by atoms with Gasteiger partial charge < -0.3 is 35.1 Å². The van der Waals surface area contributed by atoms with Crippen LogP contribution in [0.15, 0.2) is 24.3 Å². The monoisotopic (exact) mass is 1210 g/mol. The van der Waals surface area contributed by atoms with Crippen molar-refractivity contribution in [2.75, 3.05) is 85.6 Å². The molecule has 4 unspecified atom stereocenters. The predicted octanol–water partition coefficient (Wildman–Crippen LogP) is 17.8. The minimum Gasteiger partial charge on any atom is -0.353 e. The van der Waals surface area contributed by atoms with Crippen LogP contribution in [-0.2, 0) is 19.2 Å². The summed E-state index contributed by atoms with van der Waals surface area (Å²) in [5.41, 5.74) is 0. The fourth-order valence-electron chi connectivity index (χ4n) is 13.4. The van der Waals surface area contributed by atoms with E-state index in [0.29, 0.717) is 52.1 Å². The molecule has 0 aromatic heterocycles. The van der Waals surface area contributed by atoms with Gasteiger partial charge in [-0.15, -0.1) is 0 Å². The van der Waals surface area contributed by atoms with Crippen molar-refractivity contribution in [3.63, 3.8) is 0 Å². The first-order chi connectivity index (χ1) is 42.1. The number of likely N-dealkylation sites (N-methyl/N-ethyl adjacent to an activating group) is 1. The molecule has 11 nitrogen and oxygen atoms in total. The molecular weight excluding hydrogens is 1060 g/mol. The minimum absolute atomic E-state index is 0.0179. The van der Waals surface area contributed by atoms with Crippen LogP contribution in [0.2, 0.25) is 0 Å². The molecule has 2 fully saturated rings. The van der Waals surface area contributed by atoms with Crippen molar-refractivity contribution < 1.29 is 19.2 Å². The largest absolute Gasteiger partial charge is 0.353 e. The highest BCUT2D eigenvalue weighted by Gasteiger charge is 2.37. The van der Waals surface area contributed by atoms with E-state index < -0.39 is 12.1 Å². The SMILES string of the molecule is CCCCCCCC/C=C\CCCCCCCC(=O)N(CCN1CCCCCC1)C(C(=O)NCCN(C)CCNC(=O)C(C(CC)CCCC)N(CCN1CCCCCC1)C(=O)CCCCCCC/C=C\CCCCCCCC)C(CC)CCCC. The zero-order chi connectivity index (χ0) is 62.3. The number of likely N-dealkylation sites (tertiary alicyclic amines) is 2. The lowest BCUT2D eigenvalue weighted by atomic mass is 9.89. The van der Waals surface area contributed by atoms with E-state index in [1.165, 1.54) is 167 Å². The van der Waals surface area contributed by atoms with Gasteiger partial charge in [0, 0.05) is 65.2 Å². The van der Waals surface area contributed by atoms with Crippen molar-refractivity contribution in [2.24, 2.45) is 11.8 Å². The van der Waals surface area contributed by atoms with Crippen LogP contribution in [0.5, 0.6) is 0 Å². The lowest BCUT2D eigenvalue weighted by molar-refractivity contribution is -0.143. The summed E-state index contributed by atoms with van der Waals surface area (Å²) < 4.78 is 0. The molecule has 0 aromatic rings. The highest BCUT2D eigenvalue weighted by Crippen LogP contribution is 2.27. The Kier molecular flexibility index (Phi) is 51.9. The van der Waals surface area contributed by atoms with E-state index in [9.17, 15) is 19.2 Å². The second-order valence-electron chi connectivity index (χ2n) is 26.8. The third kappa shape index (κ3) is 39.4. The second kappa shape index (κ2) is 56.2. The van der Waals surface area contributed by atoms with Gasteiger partial charge in [-0.3, -0.25) is 19.2 Å². The first kappa shape index (κ1) is 79.3. The van der Waals surface area contributed by atoms with E-state index >= 15 is 0 Å². The number of carbonyl (C=O) groups excluding carboxylic acids is 4. The van der Waals surface area contributed by atoms with Crippen LogP contribution >= 0.6 is 0 Å². The average Bonchev–Trinajstić information content (AvgIpc) is 3.65. The number of allylic oxidation sites excluding steroid dienone is 4. The van der Waals surface area contributed by atoms with Crippen molar-refractivity contribution in [3.8, 4) is 0 Å². The molecule has 2 aliphatic heterocycles. The van der Waals surface area contributed by atoms with Gasteiger partial charge in [0.15, 0.2) is 0 Å². The van der Waals surface area contributed by atoms with Crippen LogP contribution < -0.4 is 10.6 Å². The lowest BCUT2D eigenvalue weighted by Gasteiger charge is -2.38. The molecule has 4 atom stereocenters. The van der Waals surface area contributed by atoms with E-state index in [4.69, 9.17) is 0 Å². The Hall–Kier alpha value is -2.76. The molecule has 0 spiro atoms. The highest BCUT2D eigenvalue weighted by atomic mass is 16.2. The summed E-state index contributed by atoms with van der Waals surface area (Å²) in [7, 11) is 2.06. The van der Waals surface area contributed by atoms with Gasteiger partial charge in [-0.1, -0.05) is 233 Å². The molecule has 2 N–H and O–H groups in total. The number of unbranched alkanes of at least 4 members (excludes halogenated alkanes) is 24. The number of hydrogen-bond acceptors (Lipinski definition) is 7. The summed E-state index contributed by atoms with van der Waals surface area (Å²) in [6.07, 6.45) is 60.1. The topological polar surface area (TPSA) is 109 Å². The Balaban J connectivity index is 2.10. The van der Waals surface area contributed by atoms with E-state index in [1.54, 1.807) is 0 Å². The summed E-state index contributed by atoms with van der Waals surface area (Å²) >= 11 is 0. The van der Waals surface area contributed by atoms with Crippen LogP contribution in [0.3, 0.4) is 0 Å². The Morgan fingerprint density at radius 3 is 1.00 bits per heavy atom. The van der Waals surface area contributed by atoms with Crippen molar-refractivity contribution in [3.05, 3.63) is 24.3 Å². The number of nitrogens with one attached hydrogen (secondary N) is 2. The van der Waals surface area contributed by atoms with Crippen molar-refractivity contribution in [1.29, 1.82) is 0 Å². The Morgan fingerprint density at radius 2 is 0.686 bits per heavy atom. The number of carbonyl (C=O) groups is 4. The van der Waals surface area contributed by atoms with E-state index in [2.05, 4.69) is 98.2 Å². The zero-order valence-corrected chi connectivity index (χ0v) is 58.1. The van der Waals surface area contributed by atoms with E-state index in [1.807, 2.05) is 9.80 Å². The van der Waals surface area contributed by atoms with E-state index in [0.717, 1.165) is 142 Å². The molecule has 2 heterocycles. The summed E-state index contributed by atoms with van der Waals surface area (Å²) in [4.78, 5) is 70.0. The highest BCUT2D eigenvalue weighted by molar-refractivity contribution is 5.88. The van der Waals surface area contributed by atoms with Gasteiger partial charge in [0.25, 0.3) is 0 Å². The summed E-state index contributed by atoms with van der Waals surface area (Å²) in [5.74, 6) is 0.444. The number of nitrogens with zero attached hydrogens (tertiary/aromatic N) is 5. The van der Waals surface area contributed by atoms with Crippen LogP contribution in [-0.4, -0.2) is 146 Å². The van der Waals surface area contributed by atoms with Gasteiger partial charge in [0.1, 0.15) is 12.1 Å². The zero-order valence-electron chi connectivity index (χ0n) is 58.1. The molecule has 0 aromatic carbocycles. The standard InChI is InChI=1S/C75H143N7O4/c1-8-14-18-20-22-24-26-28-30-32-34-36-38-40-46-54-70(83)81(66-64-79-58-48-42-43-49-59-79)72(68(12-5)52-16-10-3)74(85)76-56-62-78(7)63-57-77-75(86)73(69(13-6)53-17-11-4)82(67-65-80-60-50-44-45-51-61-80)71(84)55-47-41-39-37-35-33-31-29-27-25-23-21-19-15-9-2/h28-31,68-69,72-73H,8-27,32-67H2,1-7H3,(H,76,85)(H,77,86)/b30-28-,31-29-. The van der Waals surface area contributed by atoms with Gasteiger partial charge >= 0.3 is 0 Å². The minimum atomic E-state index is -0.489. The van der Waals surface area contributed by atoms with Gasteiger partial charge in [-0.2, -0.15) is 0 Å². The quantitative estimate of drug-likeness (QED) is 0.0461. The van der Waals surface area contributed by atoms with Crippen LogP contribution in [0.4, 0.5) is 0 Å². The molecule has 11 heteroatoms. The maximum absolute atomic E-state index is 14.8. The molecule has 502 valence electrons. The van der Waals surface area contributed by atoms with Crippen molar-refractivity contribution >= 4 is 23.6 Å². The molecule has 86 heavy (non-hydrogen) atoms. The molecule has 0 saturated carbocycles. The molecular formula is C75H143N7O4. The molecule has 4 amide bonds. The third-order valence-electron chi connectivity index (χ3n) is 19.3. The number of amides is 4. The molecule has 2 rings (SSSR count). The molecule has 2 saturated heterocycles. The summed E-state index contributed by atoms with van der Waals surface area (Å²) in [6.45, 7) is 22.7. The first-order valence-electron chi connectivity index (χ1n) is 37.7. The van der Waals surface area contributed by atoms with Crippen LogP contribution in [0, 0.1) is 11.8 Å². The smallest absolute Gasteiger partial charge is 0.243 e. The molecule has 0 bridgehead atoms. The maximum Gasteiger partial charge on any atom is 0.243 e. The lowest BCUT2D eigenvalue weighted by Crippen LogP contribution is -2.56. The molecule has 0 radical (unpaired) electrons. The van der Waals surface area contributed by atoms with Crippen molar-refractivity contribution in [2.45, 2.75) is 336 Å². The maximum atomic E-state index is 14.8. The van der Waals surface area contributed by atoms with Crippen molar-refractivity contribution in [1.82, 2.24) is 35.1 Å². The van der Waals surface area contributed by atoms with Gasteiger partial charge in [0.2, 0.25) is 23.6 Å². The average molecular weight is 1210 g/mol. The van der Waals surface area contributed by atoms with Gasteiger partial charge in [-0.05, 0) is 148 Å². The van der Waals surface area contributed by atoms with E-state index in [-0.39, 0.29) is 35.5 Å². The van der Waals surface area contributed by atoms with Gasteiger partial charge in [-0.25, -0.2) is 0 Å². The predicted molar refractivity (Wildman–Crippen MR) is 370 cm³/mol. The molecule has 2 aliphatic rings. The van der Waals surface area contributed by atoms with Crippen LogP contribution in [0.25, 0.3) is 0 Å². The normalized spacial score (nSPS) is 16.1. The fourth-order valence-corrected chi connectivity index (χ4v) is 13.4. The molecule has 0 aliphatic carbocycles. The van der Waals surface area contributed by atoms with Gasteiger partial charge in [0.05, 0.1) is 0 Å². The summed E-state index contributed by atoms with van der Waals surface area (Å²) in [6, 6.07) is -0.978. The summed E-state index contributed by atoms with van der Waals surface area (Å²) in [5, 5.41) is 6.72. The first-order valence-corrected chi connectivity index (χ1v) is 37.7. The number of rotatable bonds is 56. The van der Waals surface area contributed by atoms with Crippen LogP contribution in [0.1, 0.15) is 324 Å². The Labute approximate surface area is 533 Å². The third-order valence-corrected chi connectivity index (χ3v) is 19.3. The Bertz CT molecular complexity index is 1540. The fraction of sp³-hybridized carbons (Fsp3) is 0.893. The number of hydrogen-bond donors (Lipinski definition) is 2. The Morgan fingerprint density at radius 1 is 0.384 bits per heavy atom.